The molecule has 124 valence electrons. The summed E-state index contributed by atoms with van der Waals surface area (Å²) in [4.78, 5) is 19.0. The van der Waals surface area contributed by atoms with Crippen LogP contribution < -0.4 is 15.4 Å². The Morgan fingerprint density at radius 1 is 1.25 bits per heavy atom. The molecule has 1 amide bonds. The number of nitrogens with two attached hydrogens (primary N) is 1. The molecule has 0 unspecified atom stereocenters. The van der Waals surface area contributed by atoms with Crippen LogP contribution >= 0.6 is 0 Å². The third kappa shape index (κ3) is 3.40. The Morgan fingerprint density at radius 2 is 2.04 bits per heavy atom. The van der Waals surface area contributed by atoms with Gasteiger partial charge in [0, 0.05) is 29.6 Å². The number of carbonyl (C=O) groups excluding carboxylic acids is 1. The highest BCUT2D eigenvalue weighted by molar-refractivity contribution is 6.09. The fraction of sp³-hybridized carbons (Fsp3) is 0.263. The molecule has 0 fully saturated rings. The number of fused-ring (bicyclic) bond motifs is 1. The number of ether oxygens (including phenoxy) is 1. The van der Waals surface area contributed by atoms with E-state index in [0.29, 0.717) is 30.9 Å². The van der Waals surface area contributed by atoms with Gasteiger partial charge < -0.3 is 15.4 Å². The number of benzodiazepines with no additional fused rings is 1. The minimum Gasteiger partial charge on any atom is -0.494 e. The molecule has 0 atom stereocenters. The Bertz CT molecular complexity index is 754. The fourth-order valence-electron chi connectivity index (χ4n) is 2.64. The molecule has 0 aromatic heterocycles. The van der Waals surface area contributed by atoms with Gasteiger partial charge in [0.25, 0.3) is 5.91 Å². The molecule has 0 radical (unpaired) electrons. The zero-order chi connectivity index (χ0) is 16.9. The highest BCUT2D eigenvalue weighted by Gasteiger charge is 2.21. The quantitative estimate of drug-likeness (QED) is 0.879. The van der Waals surface area contributed by atoms with Crippen LogP contribution in [-0.4, -0.2) is 31.8 Å². The van der Waals surface area contributed by atoms with Gasteiger partial charge in [-0.25, -0.2) is 0 Å². The molecular formula is C19H21N3O2. The minimum atomic E-state index is -0.0476. The van der Waals surface area contributed by atoms with Crippen LogP contribution in [0.4, 0.5) is 11.4 Å². The monoisotopic (exact) mass is 323 g/mol. The second-order valence-electron chi connectivity index (χ2n) is 5.68. The lowest BCUT2D eigenvalue weighted by molar-refractivity contribution is 0.0987. The minimum absolute atomic E-state index is 0.0476. The number of benzene rings is 2. The van der Waals surface area contributed by atoms with Crippen LogP contribution in [0.15, 0.2) is 47.5 Å². The maximum Gasteiger partial charge on any atom is 0.258 e. The second kappa shape index (κ2) is 7.17. The van der Waals surface area contributed by atoms with E-state index in [1.807, 2.05) is 24.3 Å². The highest BCUT2D eigenvalue weighted by Crippen LogP contribution is 2.25. The van der Waals surface area contributed by atoms with Gasteiger partial charge >= 0.3 is 0 Å². The highest BCUT2D eigenvalue weighted by atomic mass is 16.5. The lowest BCUT2D eigenvalue weighted by atomic mass is 10.1. The summed E-state index contributed by atoms with van der Waals surface area (Å²) in [5.74, 6) is 0.731. The predicted octanol–water partition coefficient (Wildman–Crippen LogP) is 3.14. The van der Waals surface area contributed by atoms with Crippen molar-refractivity contribution in [1.29, 1.82) is 0 Å². The van der Waals surface area contributed by atoms with E-state index in [4.69, 9.17) is 10.5 Å². The summed E-state index contributed by atoms with van der Waals surface area (Å²) >= 11 is 0. The van der Waals surface area contributed by atoms with Crippen molar-refractivity contribution >= 4 is 23.5 Å². The van der Waals surface area contributed by atoms with Crippen LogP contribution in [0, 0.1) is 0 Å². The largest absolute Gasteiger partial charge is 0.494 e. The SMILES string of the molecule is CCCOc1ccc(C(=O)N2CCN=Cc3cc(N)ccc32)cc1. The van der Waals surface area contributed by atoms with Gasteiger partial charge in [-0.05, 0) is 48.9 Å². The van der Waals surface area contributed by atoms with Crippen molar-refractivity contribution in [3.05, 3.63) is 53.6 Å². The van der Waals surface area contributed by atoms with Crippen molar-refractivity contribution in [3.63, 3.8) is 0 Å². The fourth-order valence-corrected chi connectivity index (χ4v) is 2.64. The van der Waals surface area contributed by atoms with E-state index in [2.05, 4.69) is 11.9 Å². The lowest BCUT2D eigenvalue weighted by Crippen LogP contribution is -2.33. The molecule has 2 aromatic carbocycles. The van der Waals surface area contributed by atoms with Gasteiger partial charge in [0.15, 0.2) is 0 Å². The number of anilines is 2. The van der Waals surface area contributed by atoms with Crippen LogP contribution in [-0.2, 0) is 0 Å². The van der Waals surface area contributed by atoms with E-state index in [-0.39, 0.29) is 5.91 Å². The molecule has 1 heterocycles. The van der Waals surface area contributed by atoms with Crippen molar-refractivity contribution in [3.8, 4) is 5.75 Å². The van der Waals surface area contributed by atoms with Crippen molar-refractivity contribution in [2.45, 2.75) is 13.3 Å². The molecule has 0 saturated heterocycles. The number of rotatable bonds is 4. The van der Waals surface area contributed by atoms with E-state index in [0.717, 1.165) is 23.4 Å². The van der Waals surface area contributed by atoms with E-state index >= 15 is 0 Å². The molecule has 2 N–H and O–H groups in total. The Labute approximate surface area is 141 Å². The summed E-state index contributed by atoms with van der Waals surface area (Å²) in [7, 11) is 0. The van der Waals surface area contributed by atoms with Gasteiger partial charge in [0.1, 0.15) is 5.75 Å². The maximum absolute atomic E-state index is 12.9. The third-order valence-corrected chi connectivity index (χ3v) is 3.84. The maximum atomic E-state index is 12.9. The molecule has 0 saturated carbocycles. The van der Waals surface area contributed by atoms with E-state index < -0.39 is 0 Å². The summed E-state index contributed by atoms with van der Waals surface area (Å²) in [6, 6.07) is 12.8. The molecule has 1 aliphatic heterocycles. The summed E-state index contributed by atoms with van der Waals surface area (Å²) in [5.41, 5.74) is 8.83. The normalized spacial score (nSPS) is 13.3. The standard InChI is InChI=1S/C19H21N3O2/c1-2-11-24-17-6-3-14(4-7-17)19(23)22-10-9-21-13-15-12-16(20)5-8-18(15)22/h3-8,12-13H,2,9-11,20H2,1H3. The average molecular weight is 323 g/mol. The van der Waals surface area contributed by atoms with E-state index in [1.165, 1.54) is 0 Å². The third-order valence-electron chi connectivity index (χ3n) is 3.84. The Morgan fingerprint density at radius 3 is 2.79 bits per heavy atom. The van der Waals surface area contributed by atoms with E-state index in [9.17, 15) is 4.79 Å². The van der Waals surface area contributed by atoms with Gasteiger partial charge in [0.2, 0.25) is 0 Å². The zero-order valence-electron chi connectivity index (χ0n) is 13.7. The number of amides is 1. The van der Waals surface area contributed by atoms with Crippen molar-refractivity contribution < 1.29 is 9.53 Å². The van der Waals surface area contributed by atoms with Crippen LogP contribution in [0.25, 0.3) is 0 Å². The van der Waals surface area contributed by atoms with Crippen molar-refractivity contribution in [2.24, 2.45) is 4.99 Å². The first-order valence-corrected chi connectivity index (χ1v) is 8.13. The number of aliphatic imine (C=N–C) groups is 1. The zero-order valence-corrected chi connectivity index (χ0v) is 13.7. The number of hydrogen-bond donors (Lipinski definition) is 1. The van der Waals surface area contributed by atoms with Gasteiger partial charge in [-0.3, -0.25) is 9.79 Å². The Balaban J connectivity index is 1.85. The molecule has 3 rings (SSSR count). The Kier molecular flexibility index (Phi) is 4.79. The van der Waals surface area contributed by atoms with Crippen LogP contribution in [0.3, 0.4) is 0 Å². The predicted molar refractivity (Wildman–Crippen MR) is 97.2 cm³/mol. The molecule has 5 nitrogen and oxygen atoms in total. The van der Waals surface area contributed by atoms with Gasteiger partial charge in [-0.1, -0.05) is 6.92 Å². The molecule has 2 aromatic rings. The second-order valence-corrected chi connectivity index (χ2v) is 5.68. The number of hydrogen-bond acceptors (Lipinski definition) is 4. The topological polar surface area (TPSA) is 67.9 Å². The van der Waals surface area contributed by atoms with Crippen LogP contribution in [0.5, 0.6) is 5.75 Å². The van der Waals surface area contributed by atoms with Gasteiger partial charge in [-0.2, -0.15) is 0 Å². The summed E-state index contributed by atoms with van der Waals surface area (Å²) < 4.78 is 5.57. The number of carbonyl (C=O) groups is 1. The molecular weight excluding hydrogens is 302 g/mol. The average Bonchev–Trinajstić information content (AvgIpc) is 2.81. The first-order chi connectivity index (χ1) is 11.7. The Hall–Kier alpha value is -2.82. The smallest absolute Gasteiger partial charge is 0.258 e. The lowest BCUT2D eigenvalue weighted by Gasteiger charge is -2.22. The first kappa shape index (κ1) is 16.1. The summed E-state index contributed by atoms with van der Waals surface area (Å²) in [6.45, 7) is 3.84. The first-order valence-electron chi connectivity index (χ1n) is 8.13. The number of nitrogens with zero attached hydrogens (tertiary/aromatic N) is 2. The van der Waals surface area contributed by atoms with Crippen molar-refractivity contribution in [1.82, 2.24) is 0 Å². The van der Waals surface area contributed by atoms with Crippen LogP contribution in [0.2, 0.25) is 0 Å². The van der Waals surface area contributed by atoms with Gasteiger partial charge in [0.05, 0.1) is 18.8 Å². The molecule has 5 heteroatoms. The molecule has 0 aliphatic carbocycles. The van der Waals surface area contributed by atoms with Crippen LogP contribution in [0.1, 0.15) is 29.3 Å². The summed E-state index contributed by atoms with van der Waals surface area (Å²) in [5, 5.41) is 0. The van der Waals surface area contributed by atoms with E-state index in [1.54, 1.807) is 29.3 Å². The molecule has 0 bridgehead atoms. The summed E-state index contributed by atoms with van der Waals surface area (Å²) in [6.07, 6.45) is 2.73. The number of nitrogen functional groups attached to an aromatic ring is 1. The molecule has 24 heavy (non-hydrogen) atoms. The molecule has 0 spiro atoms. The van der Waals surface area contributed by atoms with Crippen molar-refractivity contribution in [2.75, 3.05) is 30.3 Å². The molecule has 1 aliphatic rings. The van der Waals surface area contributed by atoms with Gasteiger partial charge in [-0.15, -0.1) is 0 Å².